The molecule has 0 amide bonds. The Balaban J connectivity index is 1.86. The molecule has 2 aromatic carbocycles. The van der Waals surface area contributed by atoms with Gasteiger partial charge in [-0.1, -0.05) is 24.6 Å². The van der Waals surface area contributed by atoms with Crippen LogP contribution in [0.15, 0.2) is 42.5 Å². The third-order valence-corrected chi connectivity index (χ3v) is 5.60. The summed E-state index contributed by atoms with van der Waals surface area (Å²) in [6.07, 6.45) is 2.25. The van der Waals surface area contributed by atoms with E-state index in [0.717, 1.165) is 30.4 Å². The number of methoxy groups -OCH3 is 3. The molecular formula is C24H32O7. The maximum atomic E-state index is 11.3. The first-order chi connectivity index (χ1) is 15.2. The minimum Gasteiger partial charge on any atom is -0.468 e. The summed E-state index contributed by atoms with van der Waals surface area (Å²) < 4.78 is 32.3. The fourth-order valence-electron chi connectivity index (χ4n) is 4.25. The molecule has 1 N–H and O–H groups in total. The molecule has 3 atom stereocenters. The molecule has 7 heteroatoms. The van der Waals surface area contributed by atoms with Crippen molar-refractivity contribution in [3.05, 3.63) is 53.6 Å². The highest BCUT2D eigenvalue weighted by atomic mass is 16.7. The van der Waals surface area contributed by atoms with E-state index in [9.17, 15) is 5.11 Å². The number of rotatable bonds is 12. The van der Waals surface area contributed by atoms with Gasteiger partial charge in [-0.3, -0.25) is 0 Å². The molecule has 0 aromatic heterocycles. The molecule has 1 unspecified atom stereocenters. The maximum absolute atomic E-state index is 11.3. The van der Waals surface area contributed by atoms with Crippen LogP contribution < -0.4 is 14.2 Å². The van der Waals surface area contributed by atoms with Gasteiger partial charge in [0.05, 0.1) is 6.10 Å². The Bertz CT molecular complexity index is 767. The SMILES string of the molecule is COCOc1ccc(C(O)[C@H]2CCC[C@H]2c2c(OCOC)cccc2OCOC)cc1. The van der Waals surface area contributed by atoms with Gasteiger partial charge in [-0.05, 0) is 54.5 Å². The Morgan fingerprint density at radius 2 is 1.39 bits per heavy atom. The Hall–Kier alpha value is -2.32. The summed E-state index contributed by atoms with van der Waals surface area (Å²) >= 11 is 0. The van der Waals surface area contributed by atoms with Gasteiger partial charge in [-0.25, -0.2) is 0 Å². The lowest BCUT2D eigenvalue weighted by Gasteiger charge is -2.28. The Morgan fingerprint density at radius 3 is 1.97 bits per heavy atom. The van der Waals surface area contributed by atoms with E-state index in [4.69, 9.17) is 28.4 Å². The van der Waals surface area contributed by atoms with Crippen LogP contribution in [0, 0.1) is 5.92 Å². The quantitative estimate of drug-likeness (QED) is 0.503. The lowest BCUT2D eigenvalue weighted by Crippen LogP contribution is -2.18. The summed E-state index contributed by atoms with van der Waals surface area (Å²) in [6, 6.07) is 13.2. The van der Waals surface area contributed by atoms with Gasteiger partial charge >= 0.3 is 0 Å². The summed E-state index contributed by atoms with van der Waals surface area (Å²) in [4.78, 5) is 0. The van der Waals surface area contributed by atoms with Crippen LogP contribution in [0.1, 0.15) is 42.4 Å². The Labute approximate surface area is 183 Å². The van der Waals surface area contributed by atoms with Crippen LogP contribution in [0.4, 0.5) is 0 Å². The number of hydrogen-bond acceptors (Lipinski definition) is 7. The van der Waals surface area contributed by atoms with Crippen molar-refractivity contribution < 1.29 is 33.5 Å². The predicted octanol–water partition coefficient (Wildman–Crippen LogP) is 4.25. The minimum absolute atomic E-state index is 0.0305. The molecule has 1 aliphatic rings. The topological polar surface area (TPSA) is 75.6 Å². The standard InChI is InChI=1S/C24H32O7/c1-26-14-29-18-12-10-17(11-13-18)24(25)20-7-4-6-19(20)23-21(30-15-27-2)8-5-9-22(23)31-16-28-3/h5,8-13,19-20,24-25H,4,6-7,14-16H2,1-3H3/t19-,20+,24?/m1/s1. The fourth-order valence-corrected chi connectivity index (χ4v) is 4.25. The average molecular weight is 433 g/mol. The predicted molar refractivity (Wildman–Crippen MR) is 115 cm³/mol. The summed E-state index contributed by atoms with van der Waals surface area (Å²) in [6.45, 7) is 0.475. The van der Waals surface area contributed by atoms with Crippen LogP contribution in [-0.4, -0.2) is 46.8 Å². The first-order valence-electron chi connectivity index (χ1n) is 10.5. The van der Waals surface area contributed by atoms with E-state index in [1.807, 2.05) is 42.5 Å². The number of aliphatic hydroxyl groups excluding tert-OH is 1. The van der Waals surface area contributed by atoms with Crippen LogP contribution in [-0.2, 0) is 14.2 Å². The number of ether oxygens (including phenoxy) is 6. The van der Waals surface area contributed by atoms with Crippen molar-refractivity contribution in [3.63, 3.8) is 0 Å². The molecular weight excluding hydrogens is 400 g/mol. The summed E-state index contributed by atoms with van der Waals surface area (Å²) in [5.41, 5.74) is 1.81. The summed E-state index contributed by atoms with van der Waals surface area (Å²) in [5.74, 6) is 2.24. The normalized spacial score (nSPS) is 19.2. The van der Waals surface area contributed by atoms with Gasteiger partial charge in [0.25, 0.3) is 0 Å². The van der Waals surface area contributed by atoms with Crippen molar-refractivity contribution in [1.82, 2.24) is 0 Å². The molecule has 1 fully saturated rings. The second-order valence-electron chi connectivity index (χ2n) is 7.54. The molecule has 2 aromatic rings. The van der Waals surface area contributed by atoms with Crippen LogP contribution in [0.2, 0.25) is 0 Å². The van der Waals surface area contributed by atoms with Gasteiger partial charge in [0, 0.05) is 26.9 Å². The van der Waals surface area contributed by atoms with E-state index in [1.54, 1.807) is 21.3 Å². The van der Waals surface area contributed by atoms with Gasteiger partial charge in [-0.2, -0.15) is 0 Å². The van der Waals surface area contributed by atoms with Gasteiger partial charge in [0.15, 0.2) is 20.4 Å². The minimum atomic E-state index is -0.616. The highest BCUT2D eigenvalue weighted by Crippen LogP contribution is 2.51. The molecule has 0 saturated heterocycles. The van der Waals surface area contributed by atoms with E-state index in [0.29, 0.717) is 17.2 Å². The van der Waals surface area contributed by atoms with E-state index in [1.165, 1.54) is 0 Å². The third kappa shape index (κ3) is 5.89. The molecule has 31 heavy (non-hydrogen) atoms. The molecule has 7 nitrogen and oxygen atoms in total. The number of hydrogen-bond donors (Lipinski definition) is 1. The second kappa shape index (κ2) is 11.9. The fraction of sp³-hybridized carbons (Fsp3) is 0.500. The lowest BCUT2D eigenvalue weighted by atomic mass is 9.82. The molecule has 0 spiro atoms. The summed E-state index contributed by atoms with van der Waals surface area (Å²) in [7, 11) is 4.76. The van der Waals surface area contributed by atoms with E-state index >= 15 is 0 Å². The molecule has 170 valence electrons. The van der Waals surface area contributed by atoms with Crippen molar-refractivity contribution in [2.45, 2.75) is 31.3 Å². The second-order valence-corrected chi connectivity index (χ2v) is 7.54. The van der Waals surface area contributed by atoms with Crippen molar-refractivity contribution in [2.75, 3.05) is 41.7 Å². The highest BCUT2D eigenvalue weighted by molar-refractivity contribution is 5.48. The monoisotopic (exact) mass is 432 g/mol. The molecule has 0 radical (unpaired) electrons. The Morgan fingerprint density at radius 1 is 0.806 bits per heavy atom. The first-order valence-corrected chi connectivity index (χ1v) is 10.5. The van der Waals surface area contributed by atoms with Gasteiger partial charge in [0.1, 0.15) is 17.2 Å². The zero-order valence-electron chi connectivity index (χ0n) is 18.4. The van der Waals surface area contributed by atoms with Gasteiger partial charge < -0.3 is 33.5 Å². The van der Waals surface area contributed by atoms with Crippen molar-refractivity contribution >= 4 is 0 Å². The van der Waals surface area contributed by atoms with Crippen molar-refractivity contribution in [1.29, 1.82) is 0 Å². The van der Waals surface area contributed by atoms with E-state index in [-0.39, 0.29) is 32.2 Å². The number of benzene rings is 2. The van der Waals surface area contributed by atoms with E-state index < -0.39 is 6.10 Å². The zero-order chi connectivity index (χ0) is 22.1. The van der Waals surface area contributed by atoms with Crippen molar-refractivity contribution in [3.8, 4) is 17.2 Å². The molecule has 1 aliphatic carbocycles. The van der Waals surface area contributed by atoms with Crippen LogP contribution in [0.3, 0.4) is 0 Å². The zero-order valence-corrected chi connectivity index (χ0v) is 18.4. The Kier molecular flexibility index (Phi) is 8.97. The molecule has 0 heterocycles. The van der Waals surface area contributed by atoms with Gasteiger partial charge in [-0.15, -0.1) is 0 Å². The lowest BCUT2D eigenvalue weighted by molar-refractivity contribution is 0.0423. The average Bonchev–Trinajstić information content (AvgIpc) is 3.29. The molecule has 3 rings (SSSR count). The van der Waals surface area contributed by atoms with E-state index in [2.05, 4.69) is 0 Å². The van der Waals surface area contributed by atoms with Crippen LogP contribution in [0.25, 0.3) is 0 Å². The summed E-state index contributed by atoms with van der Waals surface area (Å²) in [5, 5.41) is 11.3. The molecule has 0 aliphatic heterocycles. The maximum Gasteiger partial charge on any atom is 0.188 e. The largest absolute Gasteiger partial charge is 0.468 e. The highest BCUT2D eigenvalue weighted by Gasteiger charge is 2.38. The molecule has 1 saturated carbocycles. The van der Waals surface area contributed by atoms with Crippen LogP contribution in [0.5, 0.6) is 17.2 Å². The number of aliphatic hydroxyl groups is 1. The van der Waals surface area contributed by atoms with Crippen LogP contribution >= 0.6 is 0 Å². The third-order valence-electron chi connectivity index (χ3n) is 5.60. The first kappa shape index (κ1) is 23.3. The smallest absolute Gasteiger partial charge is 0.188 e. The van der Waals surface area contributed by atoms with Crippen molar-refractivity contribution in [2.24, 2.45) is 5.92 Å². The van der Waals surface area contributed by atoms with Gasteiger partial charge in [0.2, 0.25) is 0 Å². The molecule has 0 bridgehead atoms.